The van der Waals surface area contributed by atoms with Crippen LogP contribution in [0.2, 0.25) is 0 Å². The van der Waals surface area contributed by atoms with E-state index in [9.17, 15) is 19.7 Å². The Morgan fingerprint density at radius 1 is 1.30 bits per heavy atom. The molecule has 23 heavy (non-hydrogen) atoms. The molecule has 1 aromatic rings. The molecule has 7 heteroatoms. The molecule has 1 atom stereocenters. The van der Waals surface area contributed by atoms with Crippen molar-refractivity contribution in [3.05, 3.63) is 46.0 Å². The van der Waals surface area contributed by atoms with Crippen molar-refractivity contribution in [2.45, 2.75) is 25.9 Å². The normalized spacial score (nSPS) is 15.6. The standard InChI is InChI=1S/C16H18N2O5/c1-12(16(20)17-10-4-5-11-17)23-15(19)9-8-13-6-2-3-7-14(13)18(21)22/h2-3,6-9,12H,4-5,10-11H2,1H3/b9-8+/t12-/m0/s1. The lowest BCUT2D eigenvalue weighted by Gasteiger charge is -2.19. The molecule has 1 fully saturated rings. The van der Waals surface area contributed by atoms with Gasteiger partial charge in [-0.25, -0.2) is 4.79 Å². The molecule has 7 nitrogen and oxygen atoms in total. The molecule has 122 valence electrons. The fraction of sp³-hybridized carbons (Fsp3) is 0.375. The van der Waals surface area contributed by atoms with Gasteiger partial charge in [0.1, 0.15) is 0 Å². The average Bonchev–Trinajstić information content (AvgIpc) is 3.06. The van der Waals surface area contributed by atoms with Crippen LogP contribution >= 0.6 is 0 Å². The Morgan fingerprint density at radius 3 is 2.61 bits per heavy atom. The lowest BCUT2D eigenvalue weighted by atomic mass is 10.1. The van der Waals surface area contributed by atoms with Gasteiger partial charge in [-0.05, 0) is 31.9 Å². The van der Waals surface area contributed by atoms with Crippen molar-refractivity contribution in [3.63, 3.8) is 0 Å². The number of esters is 1. The van der Waals surface area contributed by atoms with Crippen molar-refractivity contribution in [3.8, 4) is 0 Å². The minimum absolute atomic E-state index is 0.0993. The van der Waals surface area contributed by atoms with Gasteiger partial charge < -0.3 is 9.64 Å². The Morgan fingerprint density at radius 2 is 1.96 bits per heavy atom. The van der Waals surface area contributed by atoms with Gasteiger partial charge in [-0.3, -0.25) is 14.9 Å². The fourth-order valence-corrected chi connectivity index (χ4v) is 2.41. The first-order valence-corrected chi connectivity index (χ1v) is 7.40. The minimum atomic E-state index is -0.865. The molecule has 0 bridgehead atoms. The number of hydrogen-bond acceptors (Lipinski definition) is 5. The smallest absolute Gasteiger partial charge is 0.331 e. The summed E-state index contributed by atoms with van der Waals surface area (Å²) in [6, 6.07) is 6.06. The molecule has 0 aromatic heterocycles. The first-order valence-electron chi connectivity index (χ1n) is 7.40. The van der Waals surface area contributed by atoms with E-state index in [2.05, 4.69) is 0 Å². The predicted octanol–water partition coefficient (Wildman–Crippen LogP) is 2.16. The molecule has 2 rings (SSSR count). The van der Waals surface area contributed by atoms with Gasteiger partial charge in [-0.15, -0.1) is 0 Å². The van der Waals surface area contributed by atoms with Crippen LogP contribution in [0.3, 0.4) is 0 Å². The summed E-state index contributed by atoms with van der Waals surface area (Å²) in [6.07, 6.45) is 3.47. The van der Waals surface area contributed by atoms with Crippen LogP contribution in [-0.4, -0.2) is 40.9 Å². The molecule has 0 N–H and O–H groups in total. The molecule has 1 aliphatic heterocycles. The summed E-state index contributed by atoms with van der Waals surface area (Å²) in [5.41, 5.74) is 0.200. The summed E-state index contributed by atoms with van der Waals surface area (Å²) in [7, 11) is 0. The van der Waals surface area contributed by atoms with E-state index in [-0.39, 0.29) is 11.6 Å². The summed E-state index contributed by atoms with van der Waals surface area (Å²) in [6.45, 7) is 2.90. The number of nitrogens with zero attached hydrogens (tertiary/aromatic N) is 2. The number of hydrogen-bond donors (Lipinski definition) is 0. The van der Waals surface area contributed by atoms with Gasteiger partial charge in [0.2, 0.25) is 0 Å². The highest BCUT2D eigenvalue weighted by Crippen LogP contribution is 2.19. The van der Waals surface area contributed by atoms with Gasteiger partial charge in [0.05, 0.1) is 10.5 Å². The largest absolute Gasteiger partial charge is 0.449 e. The number of likely N-dealkylation sites (tertiary alicyclic amines) is 1. The highest BCUT2D eigenvalue weighted by Gasteiger charge is 2.25. The zero-order chi connectivity index (χ0) is 16.8. The molecule has 0 spiro atoms. The third kappa shape index (κ3) is 4.38. The van der Waals surface area contributed by atoms with Crippen molar-refractivity contribution in [1.82, 2.24) is 4.90 Å². The topological polar surface area (TPSA) is 89.7 Å². The van der Waals surface area contributed by atoms with E-state index in [1.807, 2.05) is 0 Å². The maximum atomic E-state index is 12.0. The van der Waals surface area contributed by atoms with Gasteiger partial charge in [-0.2, -0.15) is 0 Å². The van der Waals surface area contributed by atoms with E-state index in [1.54, 1.807) is 17.0 Å². The Bertz CT molecular complexity index is 635. The molecule has 1 saturated heterocycles. The third-order valence-electron chi connectivity index (χ3n) is 3.59. The second kappa shape index (κ2) is 7.53. The van der Waals surface area contributed by atoms with Crippen molar-refractivity contribution >= 4 is 23.6 Å². The monoisotopic (exact) mass is 318 g/mol. The highest BCUT2D eigenvalue weighted by atomic mass is 16.6. The lowest BCUT2D eigenvalue weighted by molar-refractivity contribution is -0.385. The van der Waals surface area contributed by atoms with Crippen molar-refractivity contribution in [1.29, 1.82) is 0 Å². The Labute approximate surface area is 133 Å². The van der Waals surface area contributed by atoms with Crippen molar-refractivity contribution < 1.29 is 19.2 Å². The first-order chi connectivity index (χ1) is 11.0. The van der Waals surface area contributed by atoms with Gasteiger partial charge in [-0.1, -0.05) is 12.1 Å². The number of ether oxygens (including phenoxy) is 1. The third-order valence-corrected chi connectivity index (χ3v) is 3.59. The SMILES string of the molecule is C[C@H](OC(=O)/C=C/c1ccccc1[N+](=O)[O-])C(=O)N1CCCC1. The predicted molar refractivity (Wildman–Crippen MR) is 83.5 cm³/mol. The Hall–Kier alpha value is -2.70. The first kappa shape index (κ1) is 16.7. The second-order valence-corrected chi connectivity index (χ2v) is 5.26. The molecule has 1 aliphatic rings. The molecule has 0 aliphatic carbocycles. The number of benzene rings is 1. The second-order valence-electron chi connectivity index (χ2n) is 5.26. The molecular formula is C16H18N2O5. The number of amides is 1. The number of rotatable bonds is 5. The molecule has 0 saturated carbocycles. The zero-order valence-electron chi connectivity index (χ0n) is 12.8. The van der Waals surface area contributed by atoms with Crippen LogP contribution in [0.5, 0.6) is 0 Å². The summed E-state index contributed by atoms with van der Waals surface area (Å²) in [5.74, 6) is -0.918. The molecule has 0 unspecified atom stereocenters. The number of nitro groups is 1. The minimum Gasteiger partial charge on any atom is -0.449 e. The zero-order valence-corrected chi connectivity index (χ0v) is 12.8. The van der Waals surface area contributed by atoms with E-state index in [1.165, 1.54) is 25.1 Å². The van der Waals surface area contributed by atoms with Gasteiger partial charge >= 0.3 is 5.97 Å². The van der Waals surface area contributed by atoms with Crippen molar-refractivity contribution in [2.24, 2.45) is 0 Å². The van der Waals surface area contributed by atoms with Crippen LogP contribution in [0.4, 0.5) is 5.69 Å². The van der Waals surface area contributed by atoms with Crippen LogP contribution in [-0.2, 0) is 14.3 Å². The highest BCUT2D eigenvalue weighted by molar-refractivity contribution is 5.91. The maximum absolute atomic E-state index is 12.0. The van der Waals surface area contributed by atoms with Crippen LogP contribution in [0, 0.1) is 10.1 Å². The summed E-state index contributed by atoms with van der Waals surface area (Å²) in [5, 5.41) is 10.9. The van der Waals surface area contributed by atoms with Crippen LogP contribution in [0.25, 0.3) is 6.08 Å². The Kier molecular flexibility index (Phi) is 5.46. The Balaban J connectivity index is 1.96. The maximum Gasteiger partial charge on any atom is 0.331 e. The van der Waals surface area contributed by atoms with Gasteiger partial charge in [0.15, 0.2) is 6.10 Å². The van der Waals surface area contributed by atoms with E-state index >= 15 is 0 Å². The fourth-order valence-electron chi connectivity index (χ4n) is 2.41. The number of carbonyl (C=O) groups excluding carboxylic acids is 2. The average molecular weight is 318 g/mol. The van der Waals surface area contributed by atoms with E-state index in [4.69, 9.17) is 4.74 Å². The summed E-state index contributed by atoms with van der Waals surface area (Å²) >= 11 is 0. The van der Waals surface area contributed by atoms with Crippen LogP contribution < -0.4 is 0 Å². The van der Waals surface area contributed by atoms with E-state index < -0.39 is 17.0 Å². The number of para-hydroxylation sites is 1. The molecular weight excluding hydrogens is 300 g/mol. The van der Waals surface area contributed by atoms with E-state index in [0.29, 0.717) is 18.7 Å². The molecule has 0 radical (unpaired) electrons. The summed E-state index contributed by atoms with van der Waals surface area (Å²) < 4.78 is 5.06. The number of carbonyl (C=O) groups is 2. The van der Waals surface area contributed by atoms with Crippen LogP contribution in [0.15, 0.2) is 30.3 Å². The number of nitro benzene ring substituents is 1. The molecule has 1 aromatic carbocycles. The molecule has 1 amide bonds. The van der Waals surface area contributed by atoms with Gasteiger partial charge in [0, 0.05) is 25.2 Å². The van der Waals surface area contributed by atoms with Gasteiger partial charge in [0.25, 0.3) is 11.6 Å². The quantitative estimate of drug-likeness (QED) is 0.359. The van der Waals surface area contributed by atoms with Crippen molar-refractivity contribution in [2.75, 3.05) is 13.1 Å². The van der Waals surface area contributed by atoms with E-state index in [0.717, 1.165) is 18.9 Å². The lowest BCUT2D eigenvalue weighted by Crippen LogP contribution is -2.37. The van der Waals surface area contributed by atoms with Crippen LogP contribution in [0.1, 0.15) is 25.3 Å². The summed E-state index contributed by atoms with van der Waals surface area (Å²) in [4.78, 5) is 35.8. The molecule has 1 heterocycles.